The van der Waals surface area contributed by atoms with Gasteiger partial charge in [0, 0.05) is 18.8 Å². The zero-order chi connectivity index (χ0) is 23.6. The van der Waals surface area contributed by atoms with Crippen molar-refractivity contribution in [3.8, 4) is 0 Å². The molecule has 2 aromatic carbocycles. The second-order valence-electron chi connectivity index (χ2n) is 9.99. The summed E-state index contributed by atoms with van der Waals surface area (Å²) in [5, 5.41) is 0. The Kier molecular flexibility index (Phi) is 6.94. The van der Waals surface area contributed by atoms with Crippen molar-refractivity contribution in [3.63, 3.8) is 0 Å². The van der Waals surface area contributed by atoms with Gasteiger partial charge in [0.05, 0.1) is 6.10 Å². The third-order valence-electron chi connectivity index (χ3n) is 7.64. The number of nitrogens with two attached hydrogens (primary N) is 1. The first-order valence-corrected chi connectivity index (χ1v) is 12.4. The first-order chi connectivity index (χ1) is 15.9. The van der Waals surface area contributed by atoms with Crippen LogP contribution in [0.3, 0.4) is 0 Å². The maximum absolute atomic E-state index is 6.56. The third kappa shape index (κ3) is 4.46. The van der Waals surface area contributed by atoms with Crippen LogP contribution in [0.1, 0.15) is 61.8 Å². The highest BCUT2D eigenvalue weighted by Crippen LogP contribution is 2.52. The summed E-state index contributed by atoms with van der Waals surface area (Å²) in [5.41, 5.74) is 12.3. The number of nitrogens with zero attached hydrogens (tertiary/aromatic N) is 2. The molecular weight excluding hydrogens is 406 g/mol. The van der Waals surface area contributed by atoms with Gasteiger partial charge in [-0.2, -0.15) is 0 Å². The van der Waals surface area contributed by atoms with Gasteiger partial charge in [-0.3, -0.25) is 0 Å². The molecule has 0 aromatic heterocycles. The largest absolute Gasteiger partial charge is 0.381 e. The maximum atomic E-state index is 6.56. The molecule has 1 heterocycles. The Morgan fingerprint density at radius 3 is 2.33 bits per heavy atom. The molecule has 176 valence electrons. The minimum absolute atomic E-state index is 0.222. The van der Waals surface area contributed by atoms with Crippen LogP contribution in [-0.4, -0.2) is 30.1 Å². The number of rotatable bonds is 7. The molecule has 4 heteroatoms. The van der Waals surface area contributed by atoms with Gasteiger partial charge in [0.2, 0.25) is 0 Å². The lowest BCUT2D eigenvalue weighted by Gasteiger charge is -2.42. The van der Waals surface area contributed by atoms with Crippen molar-refractivity contribution in [2.24, 2.45) is 16.6 Å². The van der Waals surface area contributed by atoms with Crippen molar-refractivity contribution in [2.75, 3.05) is 7.11 Å². The second-order valence-corrected chi connectivity index (χ2v) is 9.99. The van der Waals surface area contributed by atoms with Crippen molar-refractivity contribution in [1.29, 1.82) is 0 Å². The number of benzene rings is 2. The van der Waals surface area contributed by atoms with Gasteiger partial charge in [-0.25, -0.2) is 4.99 Å². The zero-order valence-electron chi connectivity index (χ0n) is 20.7. The highest BCUT2D eigenvalue weighted by molar-refractivity contribution is 5.85. The quantitative estimate of drug-likeness (QED) is 0.592. The molecule has 4 nitrogen and oxygen atoms in total. The van der Waals surface area contributed by atoms with E-state index in [1.807, 2.05) is 7.11 Å². The van der Waals surface area contributed by atoms with Gasteiger partial charge in [0.25, 0.3) is 0 Å². The smallest absolute Gasteiger partial charge is 0.197 e. The average Bonchev–Trinajstić information content (AvgIpc) is 3.10. The lowest BCUT2D eigenvalue weighted by Crippen LogP contribution is -2.43. The number of guanidine groups is 1. The number of hydrogen-bond acceptors (Lipinski definition) is 4. The lowest BCUT2D eigenvalue weighted by atomic mass is 9.68. The summed E-state index contributed by atoms with van der Waals surface area (Å²) in [7, 11) is 1.83. The minimum Gasteiger partial charge on any atom is -0.381 e. The summed E-state index contributed by atoms with van der Waals surface area (Å²) in [6.45, 7) is 11.1. The molecule has 0 spiro atoms. The Hall–Kier alpha value is -2.59. The van der Waals surface area contributed by atoms with Crippen molar-refractivity contribution in [3.05, 3.63) is 83.1 Å². The fourth-order valence-electron chi connectivity index (χ4n) is 5.84. The Bertz CT molecular complexity index is 1000. The van der Waals surface area contributed by atoms with E-state index in [9.17, 15) is 0 Å². The molecule has 1 aliphatic heterocycles. The summed E-state index contributed by atoms with van der Waals surface area (Å²) >= 11 is 0. The van der Waals surface area contributed by atoms with E-state index in [1.165, 1.54) is 22.3 Å². The molecule has 1 saturated carbocycles. The summed E-state index contributed by atoms with van der Waals surface area (Å²) < 4.78 is 5.67. The van der Waals surface area contributed by atoms with Crippen LogP contribution in [0, 0.1) is 12.8 Å². The molecule has 1 unspecified atom stereocenters. The average molecular weight is 446 g/mol. The molecule has 0 radical (unpaired) electrons. The molecule has 4 rings (SSSR count). The zero-order valence-corrected chi connectivity index (χ0v) is 20.7. The van der Waals surface area contributed by atoms with Gasteiger partial charge in [0.15, 0.2) is 5.96 Å². The lowest BCUT2D eigenvalue weighted by molar-refractivity contribution is 0.0445. The van der Waals surface area contributed by atoms with Crippen LogP contribution < -0.4 is 5.73 Å². The highest BCUT2D eigenvalue weighted by atomic mass is 16.5. The number of aliphatic imine (C=N–C) groups is 1. The van der Waals surface area contributed by atoms with E-state index in [0.717, 1.165) is 44.2 Å². The fraction of sp³-hybridized carbons (Fsp3) is 0.483. The van der Waals surface area contributed by atoms with Gasteiger partial charge in [-0.1, -0.05) is 55.1 Å². The molecule has 1 atom stereocenters. The van der Waals surface area contributed by atoms with Gasteiger partial charge >= 0.3 is 0 Å². The Balaban J connectivity index is 1.73. The SMILES string of the molecule is C=C1N(C(C)C)C(N)=NC1(c1cc(CCc2ccccc2)ccc1C)C1CCC(OC)CC1. The molecule has 2 aliphatic rings. The Morgan fingerprint density at radius 1 is 1.06 bits per heavy atom. The summed E-state index contributed by atoms with van der Waals surface area (Å²) in [6.07, 6.45) is 6.61. The van der Waals surface area contributed by atoms with E-state index in [1.54, 1.807) is 0 Å². The molecule has 0 bridgehead atoms. The molecule has 0 amide bonds. The molecule has 1 aliphatic carbocycles. The van der Waals surface area contributed by atoms with Crippen molar-refractivity contribution in [1.82, 2.24) is 4.90 Å². The third-order valence-corrected chi connectivity index (χ3v) is 7.64. The predicted octanol–water partition coefficient (Wildman–Crippen LogP) is 5.73. The minimum atomic E-state index is -0.500. The number of hydrogen-bond donors (Lipinski definition) is 1. The topological polar surface area (TPSA) is 50.8 Å². The molecule has 2 aromatic rings. The van der Waals surface area contributed by atoms with Gasteiger partial charge in [-0.15, -0.1) is 0 Å². The summed E-state index contributed by atoms with van der Waals surface area (Å²) in [5.74, 6) is 0.958. The molecule has 1 fully saturated rings. The van der Waals surface area contributed by atoms with Crippen molar-refractivity contribution < 1.29 is 4.74 Å². The molecule has 0 saturated heterocycles. The number of methoxy groups -OCH3 is 1. The van der Waals surface area contributed by atoms with E-state index in [4.69, 9.17) is 15.5 Å². The highest BCUT2D eigenvalue weighted by Gasteiger charge is 2.51. The van der Waals surface area contributed by atoms with Gasteiger partial charge in [-0.05, 0) is 87.5 Å². The fourth-order valence-corrected chi connectivity index (χ4v) is 5.84. The predicted molar refractivity (Wildman–Crippen MR) is 137 cm³/mol. The second kappa shape index (κ2) is 9.72. The first kappa shape index (κ1) is 23.6. The Labute approximate surface area is 199 Å². The maximum Gasteiger partial charge on any atom is 0.197 e. The van der Waals surface area contributed by atoms with Gasteiger partial charge < -0.3 is 15.4 Å². The first-order valence-electron chi connectivity index (χ1n) is 12.4. The molecule has 2 N–H and O–H groups in total. The monoisotopic (exact) mass is 445 g/mol. The van der Waals surface area contributed by atoms with Crippen LogP contribution in [0.25, 0.3) is 0 Å². The summed E-state index contributed by atoms with van der Waals surface area (Å²) in [6, 6.07) is 17.8. The van der Waals surface area contributed by atoms with E-state index in [-0.39, 0.29) is 6.04 Å². The molecular formula is C29H39N3O. The Morgan fingerprint density at radius 2 is 1.73 bits per heavy atom. The van der Waals surface area contributed by atoms with Crippen LogP contribution in [0.2, 0.25) is 0 Å². The van der Waals surface area contributed by atoms with E-state index in [0.29, 0.717) is 18.0 Å². The van der Waals surface area contributed by atoms with Crippen LogP contribution >= 0.6 is 0 Å². The van der Waals surface area contributed by atoms with Crippen LogP contribution in [0.5, 0.6) is 0 Å². The summed E-state index contributed by atoms with van der Waals surface area (Å²) in [4.78, 5) is 7.39. The molecule has 33 heavy (non-hydrogen) atoms. The van der Waals surface area contributed by atoms with Crippen LogP contribution in [-0.2, 0) is 23.1 Å². The number of aryl methyl sites for hydroxylation is 3. The normalized spacial score (nSPS) is 25.5. The van der Waals surface area contributed by atoms with Crippen molar-refractivity contribution in [2.45, 2.75) is 77.0 Å². The van der Waals surface area contributed by atoms with E-state index < -0.39 is 5.54 Å². The number of ether oxygens (including phenoxy) is 1. The van der Waals surface area contributed by atoms with Crippen molar-refractivity contribution >= 4 is 5.96 Å². The standard InChI is InChI=1S/C29H39N3O/c1-20(2)32-22(4)29(31-28(32)30,25-15-17-26(33-5)18-16-25)27-19-24(12-11-21(27)3)14-13-23-9-7-6-8-10-23/h6-12,19-20,25-26H,4,13-18H2,1-3,5H3,(H2,30,31). The van der Waals surface area contributed by atoms with Gasteiger partial charge in [0.1, 0.15) is 5.54 Å². The van der Waals surface area contributed by atoms with Crippen LogP contribution in [0.15, 0.2) is 65.8 Å². The van der Waals surface area contributed by atoms with E-state index >= 15 is 0 Å². The van der Waals surface area contributed by atoms with Crippen LogP contribution in [0.4, 0.5) is 0 Å². The van der Waals surface area contributed by atoms with E-state index in [2.05, 4.69) is 80.8 Å².